The average molecular weight is 464 g/mol. The van der Waals surface area contributed by atoms with Crippen molar-refractivity contribution >= 4 is 48.0 Å². The van der Waals surface area contributed by atoms with E-state index in [0.29, 0.717) is 12.1 Å². The summed E-state index contributed by atoms with van der Waals surface area (Å²) in [5.74, 6) is -1.54. The summed E-state index contributed by atoms with van der Waals surface area (Å²) < 4.78 is 13.4. The molecule has 1 N–H and O–H groups in total. The van der Waals surface area contributed by atoms with Crippen LogP contribution in [0.1, 0.15) is 53.9 Å². The van der Waals surface area contributed by atoms with Gasteiger partial charge in [0.25, 0.3) is 0 Å². The van der Waals surface area contributed by atoms with E-state index >= 15 is 0 Å². The first kappa shape index (κ1) is 26.2. The molecular weight excluding hydrogens is 431 g/mol. The van der Waals surface area contributed by atoms with Crippen LogP contribution in [0.3, 0.4) is 0 Å². The molecule has 8 nitrogen and oxygen atoms in total. The van der Waals surface area contributed by atoms with Gasteiger partial charge < -0.3 is 19.3 Å². The summed E-state index contributed by atoms with van der Waals surface area (Å²) in [6, 6.07) is 6.49. The van der Waals surface area contributed by atoms with Gasteiger partial charge in [0.15, 0.2) is 0 Å². The third-order valence-electron chi connectivity index (χ3n) is 6.10. The number of carbonyl (C=O) groups is 3. The second-order valence-corrected chi connectivity index (χ2v) is 9.67. The number of nitrogens with zero attached hydrogens (tertiary/aromatic N) is 2. The Morgan fingerprint density at radius 2 is 1.75 bits per heavy atom. The number of hydrogen-bond acceptors (Lipinski definition) is 6. The number of carboxylic acid groups (broad SMARTS) is 1. The van der Waals surface area contributed by atoms with Crippen LogP contribution in [0.5, 0.6) is 0 Å². The fourth-order valence-corrected chi connectivity index (χ4v) is 4.14. The molecule has 1 aromatic rings. The summed E-state index contributed by atoms with van der Waals surface area (Å²) in [7, 11) is 1.16. The molecule has 0 bridgehead atoms. The fraction of sp³-hybridized carbons (Fsp3) is 0.591. The van der Waals surface area contributed by atoms with Crippen molar-refractivity contribution in [2.24, 2.45) is 0 Å². The lowest BCUT2D eigenvalue weighted by Gasteiger charge is -2.32. The van der Waals surface area contributed by atoms with Crippen LogP contribution in [0, 0.1) is 0 Å². The lowest BCUT2D eigenvalue weighted by molar-refractivity contribution is -0.145. The standard InChI is InChI=1S/C22H33BN2O6S/c1-15(26)25(32-7)18(20(28)29)12-9-13-19(27)24(6)17-11-8-10-16(14-17)23-30-21(2,3)22(4,5)31-23/h8,10-11,14,18H,9,12-13H2,1-7H3,(H,28,29). The number of aliphatic carboxylic acids is 1. The van der Waals surface area contributed by atoms with Gasteiger partial charge in [0.1, 0.15) is 6.04 Å². The number of anilines is 1. The molecule has 1 saturated heterocycles. The Labute approximate surface area is 194 Å². The Hall–Kier alpha value is -2.04. The number of carbonyl (C=O) groups excluding carboxylic acids is 2. The molecule has 1 aliphatic rings. The van der Waals surface area contributed by atoms with Gasteiger partial charge in [0, 0.05) is 32.3 Å². The highest BCUT2D eigenvalue weighted by Gasteiger charge is 2.51. The Kier molecular flexibility index (Phi) is 8.41. The highest BCUT2D eigenvalue weighted by atomic mass is 32.2. The summed E-state index contributed by atoms with van der Waals surface area (Å²) in [6.45, 7) is 9.28. The van der Waals surface area contributed by atoms with Gasteiger partial charge in [-0.1, -0.05) is 24.1 Å². The van der Waals surface area contributed by atoms with Crippen molar-refractivity contribution in [1.29, 1.82) is 0 Å². The van der Waals surface area contributed by atoms with Crippen LogP contribution in [0.15, 0.2) is 24.3 Å². The van der Waals surface area contributed by atoms with Crippen molar-refractivity contribution in [2.75, 3.05) is 18.2 Å². The van der Waals surface area contributed by atoms with Gasteiger partial charge >= 0.3 is 13.1 Å². The summed E-state index contributed by atoms with van der Waals surface area (Å²) in [6.07, 6.45) is 2.37. The number of rotatable bonds is 9. The third kappa shape index (κ3) is 5.85. The molecule has 0 radical (unpaired) electrons. The minimum absolute atomic E-state index is 0.140. The van der Waals surface area contributed by atoms with Crippen LogP contribution in [0.25, 0.3) is 0 Å². The molecule has 1 heterocycles. The van der Waals surface area contributed by atoms with Crippen molar-refractivity contribution in [3.05, 3.63) is 24.3 Å². The van der Waals surface area contributed by atoms with Gasteiger partial charge in [0.2, 0.25) is 11.8 Å². The van der Waals surface area contributed by atoms with E-state index in [-0.39, 0.29) is 24.7 Å². The van der Waals surface area contributed by atoms with Gasteiger partial charge in [0.05, 0.1) is 11.2 Å². The highest BCUT2D eigenvalue weighted by molar-refractivity contribution is 7.96. The smallest absolute Gasteiger partial charge is 0.480 e. The maximum absolute atomic E-state index is 12.7. The van der Waals surface area contributed by atoms with Crippen LogP contribution in [0.4, 0.5) is 5.69 Å². The molecule has 2 rings (SSSR count). The van der Waals surface area contributed by atoms with Gasteiger partial charge in [-0.25, -0.2) is 4.79 Å². The van der Waals surface area contributed by atoms with Crippen LogP contribution in [-0.2, 0) is 23.7 Å². The van der Waals surface area contributed by atoms with Crippen molar-refractivity contribution in [3.63, 3.8) is 0 Å². The van der Waals surface area contributed by atoms with Crippen molar-refractivity contribution < 1.29 is 28.8 Å². The lowest BCUT2D eigenvalue weighted by atomic mass is 9.79. The third-order valence-corrected chi connectivity index (χ3v) is 7.01. The van der Waals surface area contributed by atoms with E-state index in [9.17, 15) is 19.5 Å². The zero-order chi connectivity index (χ0) is 24.3. The maximum atomic E-state index is 12.7. The molecule has 0 aliphatic carbocycles. The van der Waals surface area contributed by atoms with Gasteiger partial charge in [-0.3, -0.25) is 13.9 Å². The van der Waals surface area contributed by atoms with Crippen LogP contribution >= 0.6 is 11.9 Å². The summed E-state index contributed by atoms with van der Waals surface area (Å²) in [5.41, 5.74) is 0.608. The SMILES string of the molecule is CSN(C(C)=O)C(CCCC(=O)N(C)c1cccc(B2OC(C)(C)C(C)(C)O2)c1)C(=O)O. The second kappa shape index (κ2) is 10.3. The molecule has 1 atom stereocenters. The van der Waals surface area contributed by atoms with Crippen molar-refractivity contribution in [2.45, 2.75) is 71.1 Å². The molecule has 2 amide bonds. The van der Waals surface area contributed by atoms with Gasteiger partial charge in [-0.15, -0.1) is 0 Å². The predicted molar refractivity (Wildman–Crippen MR) is 127 cm³/mol. The summed E-state index contributed by atoms with van der Waals surface area (Å²) in [5, 5.41) is 9.46. The number of hydrogen-bond donors (Lipinski definition) is 1. The molecule has 1 unspecified atom stereocenters. The van der Waals surface area contributed by atoms with E-state index in [1.807, 2.05) is 52.0 Å². The first-order valence-corrected chi connectivity index (χ1v) is 11.8. The molecule has 0 saturated carbocycles. The number of amides is 2. The summed E-state index contributed by atoms with van der Waals surface area (Å²) >= 11 is 1.07. The van der Waals surface area contributed by atoms with E-state index in [1.54, 1.807) is 18.2 Å². The van der Waals surface area contributed by atoms with Gasteiger partial charge in [-0.05, 0) is 58.1 Å². The molecule has 32 heavy (non-hydrogen) atoms. The summed E-state index contributed by atoms with van der Waals surface area (Å²) in [4.78, 5) is 37.5. The monoisotopic (exact) mass is 464 g/mol. The predicted octanol–water partition coefficient (Wildman–Crippen LogP) is 2.70. The van der Waals surface area contributed by atoms with Crippen LogP contribution in [-0.4, -0.2) is 64.9 Å². The molecule has 1 fully saturated rings. The first-order valence-electron chi connectivity index (χ1n) is 10.6. The Bertz CT molecular complexity index is 847. The topological polar surface area (TPSA) is 96.4 Å². The lowest BCUT2D eigenvalue weighted by Crippen LogP contribution is -2.41. The Balaban J connectivity index is 2.02. The molecule has 176 valence electrons. The molecule has 0 spiro atoms. The van der Waals surface area contributed by atoms with E-state index in [2.05, 4.69) is 0 Å². The van der Waals surface area contributed by atoms with Crippen molar-refractivity contribution in [3.8, 4) is 0 Å². The maximum Gasteiger partial charge on any atom is 0.494 e. The fourth-order valence-electron chi connectivity index (χ4n) is 3.43. The van der Waals surface area contributed by atoms with Crippen LogP contribution in [0.2, 0.25) is 0 Å². The second-order valence-electron chi connectivity index (χ2n) is 8.91. The minimum atomic E-state index is -1.08. The minimum Gasteiger partial charge on any atom is -0.480 e. The Morgan fingerprint density at radius 3 is 2.25 bits per heavy atom. The normalized spacial score (nSPS) is 17.7. The van der Waals surface area contributed by atoms with Crippen molar-refractivity contribution in [1.82, 2.24) is 4.31 Å². The zero-order valence-electron chi connectivity index (χ0n) is 19.9. The van der Waals surface area contributed by atoms with E-state index in [0.717, 1.165) is 17.4 Å². The zero-order valence-corrected chi connectivity index (χ0v) is 20.7. The highest BCUT2D eigenvalue weighted by Crippen LogP contribution is 2.36. The quantitative estimate of drug-likeness (QED) is 0.444. The number of carboxylic acids is 1. The van der Waals surface area contributed by atoms with E-state index in [4.69, 9.17) is 9.31 Å². The van der Waals surface area contributed by atoms with Gasteiger partial charge in [-0.2, -0.15) is 0 Å². The molecular formula is C22H33BN2O6S. The average Bonchev–Trinajstić information content (AvgIpc) is 2.93. The largest absolute Gasteiger partial charge is 0.494 e. The molecule has 10 heteroatoms. The van der Waals surface area contributed by atoms with E-state index < -0.39 is 30.3 Å². The number of benzene rings is 1. The van der Waals surface area contributed by atoms with E-state index in [1.165, 1.54) is 11.2 Å². The molecule has 1 aromatic carbocycles. The first-order chi connectivity index (χ1) is 14.8. The van der Waals surface area contributed by atoms with Crippen LogP contribution < -0.4 is 10.4 Å². The Morgan fingerprint density at radius 1 is 1.16 bits per heavy atom. The molecule has 0 aromatic heterocycles. The molecule has 1 aliphatic heterocycles.